The molecule has 0 saturated heterocycles. The summed E-state index contributed by atoms with van der Waals surface area (Å²) >= 11 is 0. The van der Waals surface area contributed by atoms with E-state index < -0.39 is 0 Å². The monoisotopic (exact) mass is 243 g/mol. The number of halogens is 1. The second kappa shape index (κ2) is 4.45. The second-order valence-corrected chi connectivity index (χ2v) is 4.87. The number of hydrogen-bond donors (Lipinski definition) is 1. The first kappa shape index (κ1) is 12.6. The highest BCUT2D eigenvalue weighted by atomic mass is 19.1. The van der Waals surface area contributed by atoms with Crippen molar-refractivity contribution in [1.82, 2.24) is 0 Å². The van der Waals surface area contributed by atoms with Crippen molar-refractivity contribution in [3.05, 3.63) is 52.3 Å². The summed E-state index contributed by atoms with van der Waals surface area (Å²) < 4.78 is 13.4. The fraction of sp³-hybridized carbons (Fsp3) is 0.250. The van der Waals surface area contributed by atoms with E-state index in [2.05, 4.69) is 33.8 Å². The molecule has 0 amide bonds. The maximum absolute atomic E-state index is 13.4. The zero-order valence-corrected chi connectivity index (χ0v) is 11.3. The molecule has 2 rings (SSSR count). The molecule has 0 aliphatic heterocycles. The maximum Gasteiger partial charge on any atom is 0.123 e. The average Bonchev–Trinajstić information content (AvgIpc) is 2.31. The molecule has 0 aromatic heterocycles. The third kappa shape index (κ3) is 1.99. The van der Waals surface area contributed by atoms with Crippen molar-refractivity contribution >= 4 is 5.69 Å². The molecule has 0 saturated carbocycles. The summed E-state index contributed by atoms with van der Waals surface area (Å²) in [5.74, 6) is -0.253. The fourth-order valence-corrected chi connectivity index (χ4v) is 2.37. The fourth-order valence-electron chi connectivity index (χ4n) is 2.37. The van der Waals surface area contributed by atoms with Crippen LogP contribution in [0.15, 0.2) is 24.3 Å². The first-order chi connectivity index (χ1) is 8.41. The van der Waals surface area contributed by atoms with Crippen molar-refractivity contribution in [3.63, 3.8) is 0 Å². The highest BCUT2D eigenvalue weighted by Gasteiger charge is 2.13. The van der Waals surface area contributed by atoms with Crippen LogP contribution < -0.4 is 5.73 Å². The van der Waals surface area contributed by atoms with E-state index in [0.717, 1.165) is 22.3 Å². The number of rotatable bonds is 1. The normalized spacial score (nSPS) is 10.7. The lowest BCUT2D eigenvalue weighted by atomic mass is 9.89. The van der Waals surface area contributed by atoms with Gasteiger partial charge in [-0.15, -0.1) is 0 Å². The van der Waals surface area contributed by atoms with Gasteiger partial charge in [-0.1, -0.05) is 6.07 Å². The molecule has 94 valence electrons. The Labute approximate surface area is 107 Å². The maximum atomic E-state index is 13.4. The van der Waals surface area contributed by atoms with Gasteiger partial charge in [0.05, 0.1) is 0 Å². The van der Waals surface area contributed by atoms with Gasteiger partial charge in [0.2, 0.25) is 0 Å². The van der Waals surface area contributed by atoms with Crippen LogP contribution in [0.1, 0.15) is 22.3 Å². The number of nitrogens with two attached hydrogens (primary N) is 1. The van der Waals surface area contributed by atoms with Crippen molar-refractivity contribution < 1.29 is 4.39 Å². The van der Waals surface area contributed by atoms with Crippen molar-refractivity contribution in [2.45, 2.75) is 27.7 Å². The Hall–Kier alpha value is -1.83. The van der Waals surface area contributed by atoms with Crippen molar-refractivity contribution in [1.29, 1.82) is 0 Å². The van der Waals surface area contributed by atoms with Crippen LogP contribution in [0.4, 0.5) is 10.1 Å². The molecule has 0 unspecified atom stereocenters. The molecular formula is C16H18FN. The van der Waals surface area contributed by atoms with E-state index in [1.807, 2.05) is 0 Å². The van der Waals surface area contributed by atoms with Gasteiger partial charge in [-0.3, -0.25) is 0 Å². The largest absolute Gasteiger partial charge is 0.398 e. The third-order valence-corrected chi connectivity index (χ3v) is 3.65. The van der Waals surface area contributed by atoms with Gasteiger partial charge in [0.15, 0.2) is 0 Å². The highest BCUT2D eigenvalue weighted by Crippen LogP contribution is 2.35. The van der Waals surface area contributed by atoms with Crippen LogP contribution in [0.2, 0.25) is 0 Å². The smallest absolute Gasteiger partial charge is 0.123 e. The predicted molar refractivity (Wildman–Crippen MR) is 75.2 cm³/mol. The van der Waals surface area contributed by atoms with Gasteiger partial charge in [0, 0.05) is 11.3 Å². The van der Waals surface area contributed by atoms with Crippen LogP contribution in [0, 0.1) is 33.5 Å². The summed E-state index contributed by atoms with van der Waals surface area (Å²) in [5, 5.41) is 0. The predicted octanol–water partition coefficient (Wildman–Crippen LogP) is 4.31. The summed E-state index contributed by atoms with van der Waals surface area (Å²) in [7, 11) is 0. The molecule has 0 atom stereocenters. The van der Waals surface area contributed by atoms with Crippen LogP contribution in [0.25, 0.3) is 11.1 Å². The van der Waals surface area contributed by atoms with E-state index in [-0.39, 0.29) is 5.82 Å². The van der Waals surface area contributed by atoms with Gasteiger partial charge in [-0.05, 0) is 73.7 Å². The minimum absolute atomic E-state index is 0.253. The lowest BCUT2D eigenvalue weighted by molar-refractivity contribution is 0.628. The molecule has 0 radical (unpaired) electrons. The van der Waals surface area contributed by atoms with E-state index in [1.54, 1.807) is 6.07 Å². The van der Waals surface area contributed by atoms with Crippen LogP contribution >= 0.6 is 0 Å². The number of hydrogen-bond acceptors (Lipinski definition) is 1. The summed E-state index contributed by atoms with van der Waals surface area (Å²) in [6.07, 6.45) is 0. The van der Waals surface area contributed by atoms with Gasteiger partial charge in [0.25, 0.3) is 0 Å². The van der Waals surface area contributed by atoms with Crippen LogP contribution in [0.3, 0.4) is 0 Å². The average molecular weight is 243 g/mol. The van der Waals surface area contributed by atoms with Crippen LogP contribution in [0.5, 0.6) is 0 Å². The minimum Gasteiger partial charge on any atom is -0.398 e. The summed E-state index contributed by atoms with van der Waals surface area (Å²) in [5.41, 5.74) is 13.2. The standard InChI is InChI=1S/C16H18FN/c1-9-7-10(2)12(4)16(11(9)3)14-8-13(17)5-6-15(14)18/h5-8H,18H2,1-4H3. The number of nitrogen functional groups attached to an aromatic ring is 1. The van der Waals surface area contributed by atoms with E-state index in [0.29, 0.717) is 5.69 Å². The Morgan fingerprint density at radius 1 is 0.889 bits per heavy atom. The van der Waals surface area contributed by atoms with Gasteiger partial charge in [0.1, 0.15) is 5.82 Å². The Bertz CT molecular complexity index is 589. The molecule has 2 N–H and O–H groups in total. The molecule has 0 bridgehead atoms. The number of aryl methyl sites for hydroxylation is 2. The van der Waals surface area contributed by atoms with E-state index in [4.69, 9.17) is 5.73 Å². The summed E-state index contributed by atoms with van der Waals surface area (Å²) in [6, 6.07) is 6.70. The minimum atomic E-state index is -0.253. The molecule has 0 fully saturated rings. The number of anilines is 1. The molecule has 0 heterocycles. The number of benzene rings is 2. The Morgan fingerprint density at radius 3 is 2.00 bits per heavy atom. The summed E-state index contributed by atoms with van der Waals surface area (Å²) in [4.78, 5) is 0. The molecule has 0 spiro atoms. The zero-order valence-electron chi connectivity index (χ0n) is 11.3. The molecule has 0 aliphatic carbocycles. The zero-order chi connectivity index (χ0) is 13.4. The molecule has 18 heavy (non-hydrogen) atoms. The first-order valence-electron chi connectivity index (χ1n) is 6.04. The Balaban J connectivity index is 2.82. The van der Waals surface area contributed by atoms with Gasteiger partial charge >= 0.3 is 0 Å². The molecule has 2 heteroatoms. The highest BCUT2D eigenvalue weighted by molar-refractivity contribution is 5.82. The van der Waals surface area contributed by atoms with Crippen molar-refractivity contribution in [3.8, 4) is 11.1 Å². The summed E-state index contributed by atoms with van der Waals surface area (Å²) in [6.45, 7) is 8.25. The first-order valence-corrected chi connectivity index (χ1v) is 6.04. The van der Waals surface area contributed by atoms with Crippen molar-refractivity contribution in [2.75, 3.05) is 5.73 Å². The second-order valence-electron chi connectivity index (χ2n) is 4.87. The molecule has 1 nitrogen and oxygen atoms in total. The quantitative estimate of drug-likeness (QED) is 0.742. The van der Waals surface area contributed by atoms with E-state index in [1.165, 1.54) is 23.3 Å². The van der Waals surface area contributed by atoms with Crippen LogP contribution in [-0.4, -0.2) is 0 Å². The SMILES string of the molecule is Cc1cc(C)c(C)c(-c2cc(F)ccc2N)c1C. The Morgan fingerprint density at radius 2 is 1.44 bits per heavy atom. The van der Waals surface area contributed by atoms with E-state index in [9.17, 15) is 4.39 Å². The third-order valence-electron chi connectivity index (χ3n) is 3.65. The lowest BCUT2D eigenvalue weighted by Gasteiger charge is -2.17. The molecular weight excluding hydrogens is 225 g/mol. The molecule has 2 aromatic rings. The van der Waals surface area contributed by atoms with Gasteiger partial charge in [-0.2, -0.15) is 0 Å². The molecule has 2 aromatic carbocycles. The lowest BCUT2D eigenvalue weighted by Crippen LogP contribution is -1.98. The Kier molecular flexibility index (Phi) is 3.12. The van der Waals surface area contributed by atoms with Crippen molar-refractivity contribution in [2.24, 2.45) is 0 Å². The van der Waals surface area contributed by atoms with Crippen LogP contribution in [-0.2, 0) is 0 Å². The van der Waals surface area contributed by atoms with Gasteiger partial charge in [-0.25, -0.2) is 4.39 Å². The van der Waals surface area contributed by atoms with E-state index >= 15 is 0 Å². The van der Waals surface area contributed by atoms with Gasteiger partial charge < -0.3 is 5.73 Å². The topological polar surface area (TPSA) is 26.0 Å². The molecule has 0 aliphatic rings.